The van der Waals surface area contributed by atoms with Gasteiger partial charge in [0.25, 0.3) is 60.7 Å². The second-order valence-electron chi connectivity index (χ2n) is 14.3. The van der Waals surface area contributed by atoms with Gasteiger partial charge in [-0.25, -0.2) is 9.59 Å². The molecule has 0 aliphatic heterocycles. The van der Waals surface area contributed by atoms with Gasteiger partial charge >= 0.3 is 11.9 Å². The summed E-state index contributed by atoms with van der Waals surface area (Å²) in [5, 5.41) is 0. The SMILES string of the molecule is COC(=O)c1c(OCCCS(=O)(=O)O)c(C)c(OCCCS(=O)(=O)O)c(-c2c(OCCCS(=O)(=O)O)c(I)c(OCCCS(=O)(=O)O)c(C(=O)OC)c2OCCCS(=O)(=O)O)c1OCCCS(=O)(=O)O. The summed E-state index contributed by atoms with van der Waals surface area (Å²) in [4.78, 5) is 28.1. The van der Waals surface area contributed by atoms with Crippen LogP contribution in [0.1, 0.15) is 64.8 Å². The lowest BCUT2D eigenvalue weighted by molar-refractivity contribution is 0.0580. The van der Waals surface area contributed by atoms with Crippen molar-refractivity contribution >= 4 is 95.2 Å². The van der Waals surface area contributed by atoms with Crippen molar-refractivity contribution in [1.29, 1.82) is 0 Å². The molecule has 28 nitrogen and oxygen atoms in total. The molecule has 402 valence electrons. The maximum atomic E-state index is 14.0. The highest BCUT2D eigenvalue weighted by atomic mass is 127. The molecule has 0 fully saturated rings. The zero-order valence-corrected chi connectivity index (χ0v) is 44.3. The van der Waals surface area contributed by atoms with Gasteiger partial charge < -0.3 is 37.9 Å². The molecule has 2 aromatic rings. The third kappa shape index (κ3) is 22.0. The Morgan fingerprint density at radius 2 is 0.614 bits per heavy atom. The van der Waals surface area contributed by atoms with E-state index in [0.717, 1.165) is 14.2 Å². The molecule has 6 N–H and O–H groups in total. The standard InChI is InChI=1S/C35H51IO28S6/c1-22-28(59-10-4-16-65(39,40)41)23(30(61-12-6-18-67(45,46)47)25(34(37)57-2)29(22)60-11-5-17-66(42,43)44)24-31(62-13-7-19-68(48,49)50)26(35(38)58-3)33(64-15-9-21-70(54,55)56)27(36)32(24)63-14-8-20-69(51,52)53/h4-21H2,1-3H3,(H,39,40,41)(H,42,43,44)(H,45,46,47)(H,48,49,50)(H,51,52,53)(H,54,55,56). The van der Waals surface area contributed by atoms with Crippen molar-refractivity contribution in [3.05, 3.63) is 20.3 Å². The molecule has 0 heterocycles. The Morgan fingerprint density at radius 3 is 0.900 bits per heavy atom. The monoisotopic (exact) mass is 1240 g/mol. The van der Waals surface area contributed by atoms with Crippen molar-refractivity contribution < 1.29 is 125 Å². The van der Waals surface area contributed by atoms with Crippen LogP contribution < -0.4 is 28.4 Å². The number of benzene rings is 2. The van der Waals surface area contributed by atoms with Crippen LogP contribution in [0.5, 0.6) is 34.5 Å². The lowest BCUT2D eigenvalue weighted by Gasteiger charge is -2.28. The van der Waals surface area contributed by atoms with Gasteiger partial charge in [-0.1, -0.05) is 0 Å². The van der Waals surface area contributed by atoms with Crippen LogP contribution in [0.4, 0.5) is 0 Å². The van der Waals surface area contributed by atoms with Crippen LogP contribution in [0.25, 0.3) is 11.1 Å². The molecule has 2 rings (SSSR count). The minimum atomic E-state index is -4.69. The van der Waals surface area contributed by atoms with Crippen LogP contribution in [-0.4, -0.2) is 178 Å². The highest BCUT2D eigenvalue weighted by Crippen LogP contribution is 2.58. The van der Waals surface area contributed by atoms with Crippen molar-refractivity contribution in [2.45, 2.75) is 45.4 Å². The van der Waals surface area contributed by atoms with Crippen LogP contribution >= 0.6 is 22.6 Å². The summed E-state index contributed by atoms with van der Waals surface area (Å²) in [6, 6.07) is 0. The van der Waals surface area contributed by atoms with E-state index in [2.05, 4.69) is 0 Å². The first-order chi connectivity index (χ1) is 32.1. The van der Waals surface area contributed by atoms with Crippen molar-refractivity contribution in [2.24, 2.45) is 0 Å². The summed E-state index contributed by atoms with van der Waals surface area (Å²) in [6.07, 6.45) is -2.98. The molecule has 0 spiro atoms. The van der Waals surface area contributed by atoms with Crippen molar-refractivity contribution in [3.8, 4) is 45.6 Å². The van der Waals surface area contributed by atoms with Crippen LogP contribution in [0.2, 0.25) is 0 Å². The predicted molar refractivity (Wildman–Crippen MR) is 251 cm³/mol. The molecule has 0 unspecified atom stereocenters. The van der Waals surface area contributed by atoms with Crippen molar-refractivity contribution in [2.75, 3.05) is 88.4 Å². The highest BCUT2D eigenvalue weighted by molar-refractivity contribution is 14.1. The second-order valence-corrected chi connectivity index (χ2v) is 24.8. The first-order valence-corrected chi connectivity index (χ1v) is 30.6. The zero-order chi connectivity index (χ0) is 53.5. The van der Waals surface area contributed by atoms with E-state index < -0.39 is 242 Å². The Kier molecular flexibility index (Phi) is 24.0. The maximum absolute atomic E-state index is 14.0. The lowest BCUT2D eigenvalue weighted by atomic mass is 9.92. The Labute approximate surface area is 417 Å². The van der Waals surface area contributed by atoms with Gasteiger partial charge in [-0.2, -0.15) is 50.5 Å². The Bertz CT molecular complexity index is 2670. The molecule has 70 heavy (non-hydrogen) atoms. The van der Waals surface area contributed by atoms with E-state index in [1.807, 2.05) is 0 Å². The van der Waals surface area contributed by atoms with Crippen molar-refractivity contribution in [1.82, 2.24) is 0 Å². The summed E-state index contributed by atoms with van der Waals surface area (Å²) in [5.41, 5.74) is -2.90. The number of methoxy groups -OCH3 is 2. The van der Waals surface area contributed by atoms with Crippen LogP contribution in [0, 0.1) is 10.5 Å². The van der Waals surface area contributed by atoms with Gasteiger partial charge in [-0.05, 0) is 68.0 Å². The molecule has 0 saturated heterocycles. The molecular weight excluding hydrogens is 1190 g/mol. The topological polar surface area (TPSA) is 434 Å². The summed E-state index contributed by atoms with van der Waals surface area (Å²) in [6.45, 7) is -2.84. The Hall–Kier alpha value is -3.63. The minimum Gasteiger partial charge on any atom is -0.492 e. The number of ether oxygens (including phenoxy) is 8. The molecule has 0 bridgehead atoms. The smallest absolute Gasteiger partial charge is 0.345 e. The molecule has 0 atom stereocenters. The van der Waals surface area contributed by atoms with Crippen LogP contribution in [-0.2, 0) is 70.2 Å². The maximum Gasteiger partial charge on any atom is 0.345 e. The third-order valence-corrected chi connectivity index (χ3v) is 14.5. The number of carbonyl (C=O) groups excluding carboxylic acids is 2. The first kappa shape index (κ1) is 62.5. The van der Waals surface area contributed by atoms with Gasteiger partial charge in [0.15, 0.2) is 5.75 Å². The average molecular weight is 1240 g/mol. The van der Waals surface area contributed by atoms with Gasteiger partial charge in [0, 0.05) is 5.56 Å². The first-order valence-electron chi connectivity index (χ1n) is 19.9. The second kappa shape index (κ2) is 26.9. The van der Waals surface area contributed by atoms with Gasteiger partial charge in [-0.3, -0.25) is 27.3 Å². The van der Waals surface area contributed by atoms with Crippen LogP contribution in [0.3, 0.4) is 0 Å². The minimum absolute atomic E-state index is 0.269. The van der Waals surface area contributed by atoms with E-state index in [0.29, 0.717) is 0 Å². The molecular formula is C35H51IO28S6. The fourth-order valence-electron chi connectivity index (χ4n) is 5.91. The summed E-state index contributed by atoms with van der Waals surface area (Å²) in [5.74, 6) is -11.8. The molecule has 0 aliphatic carbocycles. The highest BCUT2D eigenvalue weighted by Gasteiger charge is 2.39. The van der Waals surface area contributed by atoms with E-state index in [1.54, 1.807) is 22.6 Å². The number of hydrogen-bond acceptors (Lipinski definition) is 22. The number of carbonyl (C=O) groups is 2. The molecule has 0 aromatic heterocycles. The van der Waals surface area contributed by atoms with E-state index >= 15 is 0 Å². The van der Waals surface area contributed by atoms with E-state index in [9.17, 15) is 87.4 Å². The molecule has 0 aliphatic rings. The quantitative estimate of drug-likeness (QED) is 0.0257. The molecule has 2 aromatic carbocycles. The van der Waals surface area contributed by atoms with Gasteiger partial charge in [0.2, 0.25) is 0 Å². The summed E-state index contributed by atoms with van der Waals surface area (Å²) in [7, 11) is -26.1. The molecule has 0 saturated carbocycles. The van der Waals surface area contributed by atoms with E-state index in [4.69, 9.17) is 37.9 Å². The van der Waals surface area contributed by atoms with Gasteiger partial charge in [-0.15, -0.1) is 0 Å². The number of rotatable bonds is 33. The fraction of sp³-hybridized carbons (Fsp3) is 0.600. The Balaban J connectivity index is 3.53. The van der Waals surface area contributed by atoms with Crippen molar-refractivity contribution in [3.63, 3.8) is 0 Å². The normalized spacial score (nSPS) is 12.5. The van der Waals surface area contributed by atoms with Crippen LogP contribution in [0.15, 0.2) is 0 Å². The fourth-order valence-corrected chi connectivity index (χ4v) is 9.65. The number of halogens is 1. The number of esters is 2. The molecule has 0 amide bonds. The molecule has 0 radical (unpaired) electrons. The van der Waals surface area contributed by atoms with Gasteiger partial charge in [0.1, 0.15) is 39.9 Å². The number of hydrogen-bond donors (Lipinski definition) is 6. The van der Waals surface area contributed by atoms with Gasteiger partial charge in [0.05, 0.1) is 103 Å². The zero-order valence-electron chi connectivity index (χ0n) is 37.2. The Morgan fingerprint density at radius 1 is 0.386 bits per heavy atom. The lowest BCUT2D eigenvalue weighted by Crippen LogP contribution is -2.19. The third-order valence-electron chi connectivity index (χ3n) is 8.68. The largest absolute Gasteiger partial charge is 0.492 e. The summed E-state index contributed by atoms with van der Waals surface area (Å²) < 4.78 is 243. The predicted octanol–water partition coefficient (Wildman–Crippen LogP) is 1.78. The van der Waals surface area contributed by atoms with E-state index in [-0.39, 0.29) is 9.13 Å². The molecule has 35 heteroatoms. The summed E-state index contributed by atoms with van der Waals surface area (Å²) >= 11 is 1.54. The van der Waals surface area contributed by atoms with E-state index in [1.165, 1.54) is 6.92 Å². The average Bonchev–Trinajstić information content (AvgIpc) is 3.20.